The third-order valence-corrected chi connectivity index (χ3v) is 6.06. The van der Waals surface area contributed by atoms with Crippen molar-refractivity contribution < 1.29 is 28.8 Å². The molecule has 5 rings (SSSR count). The van der Waals surface area contributed by atoms with E-state index in [0.29, 0.717) is 13.2 Å². The minimum Gasteiger partial charge on any atom is -0.495 e. The fourth-order valence-corrected chi connectivity index (χ4v) is 4.23. The van der Waals surface area contributed by atoms with Gasteiger partial charge in [0, 0.05) is 45.4 Å². The van der Waals surface area contributed by atoms with Crippen LogP contribution in [0.4, 0.5) is 5.69 Å². The molecule has 1 saturated heterocycles. The van der Waals surface area contributed by atoms with Crippen LogP contribution in [0.15, 0.2) is 42.5 Å². The van der Waals surface area contributed by atoms with E-state index in [-0.39, 0.29) is 0 Å². The van der Waals surface area contributed by atoms with Crippen LogP contribution >= 0.6 is 0 Å². The molecule has 0 saturated carbocycles. The zero-order chi connectivity index (χ0) is 23.8. The molecule has 3 heterocycles. The Morgan fingerprint density at radius 1 is 1.00 bits per heavy atom. The van der Waals surface area contributed by atoms with Crippen LogP contribution < -0.4 is 23.8 Å². The number of benzene rings is 2. The highest BCUT2D eigenvalue weighted by Crippen LogP contribution is 2.41. The molecule has 186 valence electrons. The molecule has 2 unspecified atom stereocenters. The van der Waals surface area contributed by atoms with Crippen LogP contribution in [-0.2, 0) is 4.74 Å². The van der Waals surface area contributed by atoms with Gasteiger partial charge in [0.2, 0.25) is 0 Å². The first-order valence-electron chi connectivity index (χ1n) is 12.2. The van der Waals surface area contributed by atoms with Gasteiger partial charge in [0.05, 0.1) is 25.5 Å². The molecule has 34 heavy (non-hydrogen) atoms. The van der Waals surface area contributed by atoms with Gasteiger partial charge in [-0.2, -0.15) is 0 Å². The number of ether oxygens (including phenoxy) is 5. The quantitative estimate of drug-likeness (QED) is 0.527. The number of fused-ring (bicyclic) bond motifs is 2. The minimum atomic E-state index is -0.528. The number of methoxy groups -OCH3 is 1. The number of anilines is 1. The second kappa shape index (κ2) is 12.1. The highest BCUT2D eigenvalue weighted by atomic mass is 16.9. The van der Waals surface area contributed by atoms with Crippen LogP contribution in [0.25, 0.3) is 0 Å². The van der Waals surface area contributed by atoms with Crippen molar-refractivity contribution in [3.05, 3.63) is 42.5 Å². The van der Waals surface area contributed by atoms with Gasteiger partial charge in [-0.3, -0.25) is 4.90 Å². The van der Waals surface area contributed by atoms with Gasteiger partial charge in [-0.15, -0.1) is 0 Å². The monoisotopic (exact) mass is 472 g/mol. The zero-order valence-electron chi connectivity index (χ0n) is 20.2. The Kier molecular flexibility index (Phi) is 8.73. The standard InChI is InChI=1S/C19H32N2O3.C7H4O3/c1-3-4-7-14-24-16-17(22)15-20-10-12-21(13-11-20)18-8-5-6-9-19(18)23-2;1-2-5-6-3-4(1)8-7(9-5)10-6/h5-6,8-9,17,22H,3-4,7,10-16H2,1-2H3;1-3,7H. The maximum absolute atomic E-state index is 10.1. The molecule has 1 fully saturated rings. The van der Waals surface area contributed by atoms with Gasteiger partial charge in [-0.05, 0) is 30.7 Å². The van der Waals surface area contributed by atoms with Gasteiger partial charge in [-0.1, -0.05) is 31.9 Å². The topological polar surface area (TPSA) is 72.9 Å². The zero-order valence-corrected chi connectivity index (χ0v) is 20.2. The van der Waals surface area contributed by atoms with Crippen molar-refractivity contribution in [2.75, 3.05) is 57.9 Å². The highest BCUT2D eigenvalue weighted by molar-refractivity contribution is 5.58. The van der Waals surface area contributed by atoms with E-state index < -0.39 is 12.6 Å². The Labute approximate surface area is 201 Å². The molecule has 0 radical (unpaired) electrons. The van der Waals surface area contributed by atoms with Crippen LogP contribution in [-0.4, -0.2) is 75.6 Å². The lowest BCUT2D eigenvalue weighted by Gasteiger charge is -2.37. The molecule has 2 atom stereocenters. The van der Waals surface area contributed by atoms with E-state index in [1.165, 1.54) is 12.8 Å². The molecule has 0 amide bonds. The van der Waals surface area contributed by atoms with E-state index in [0.717, 1.165) is 67.9 Å². The number of hydrogen-bond donors (Lipinski definition) is 1. The number of hydrogen-bond acceptors (Lipinski definition) is 8. The first kappa shape index (κ1) is 24.4. The van der Waals surface area contributed by atoms with Gasteiger partial charge in [0.25, 0.3) is 0 Å². The van der Waals surface area contributed by atoms with Crippen molar-refractivity contribution in [1.82, 2.24) is 4.90 Å². The number of nitrogens with zero attached hydrogens (tertiary/aromatic N) is 2. The van der Waals surface area contributed by atoms with Gasteiger partial charge >= 0.3 is 6.48 Å². The smallest absolute Gasteiger partial charge is 0.406 e. The Bertz CT molecular complexity index is 898. The fraction of sp³-hybridized carbons (Fsp3) is 0.538. The Hall–Kier alpha value is -2.68. The summed E-state index contributed by atoms with van der Waals surface area (Å²) in [7, 11) is 1.71. The predicted octanol–water partition coefficient (Wildman–Crippen LogP) is 3.52. The van der Waals surface area contributed by atoms with Crippen LogP contribution in [0.3, 0.4) is 0 Å². The number of aliphatic hydroxyl groups excluding tert-OH is 1. The summed E-state index contributed by atoms with van der Waals surface area (Å²) in [5.74, 6) is 3.29. The van der Waals surface area contributed by atoms with Crippen LogP contribution in [0.5, 0.6) is 23.0 Å². The van der Waals surface area contributed by atoms with E-state index in [4.69, 9.17) is 23.7 Å². The summed E-state index contributed by atoms with van der Waals surface area (Å²) in [6, 6.07) is 13.7. The van der Waals surface area contributed by atoms with Crippen molar-refractivity contribution >= 4 is 5.69 Å². The molecule has 8 heteroatoms. The molecule has 2 aromatic carbocycles. The molecule has 0 aliphatic carbocycles. The molecule has 1 N–H and O–H groups in total. The Balaban J connectivity index is 0.000000222. The molecular formula is C26H36N2O6. The average Bonchev–Trinajstić information content (AvgIpc) is 3.05. The SMILES string of the molecule is CCCCCOCC(O)CN1CCN(c2ccccc2OC)CC1.c1cc2c3cc1OC(O2)O3. The number of unbranched alkanes of at least 4 members (excludes halogenated alkanes) is 2. The molecule has 8 nitrogen and oxygen atoms in total. The third-order valence-electron chi connectivity index (χ3n) is 6.06. The van der Waals surface area contributed by atoms with Gasteiger partial charge < -0.3 is 33.7 Å². The first-order valence-corrected chi connectivity index (χ1v) is 12.2. The molecule has 3 aliphatic heterocycles. The predicted molar refractivity (Wildman–Crippen MR) is 130 cm³/mol. The molecule has 3 bridgehead atoms. The Morgan fingerprint density at radius 2 is 1.79 bits per heavy atom. The lowest BCUT2D eigenvalue weighted by atomic mass is 10.2. The minimum absolute atomic E-state index is 0.399. The number of piperazine rings is 1. The maximum Gasteiger partial charge on any atom is 0.406 e. The summed E-state index contributed by atoms with van der Waals surface area (Å²) in [6.07, 6.45) is 3.08. The van der Waals surface area contributed by atoms with Crippen molar-refractivity contribution in [2.45, 2.75) is 38.8 Å². The summed E-state index contributed by atoms with van der Waals surface area (Å²) in [6.45, 7) is 7.33. The molecule has 2 aromatic rings. The largest absolute Gasteiger partial charge is 0.495 e. The summed E-state index contributed by atoms with van der Waals surface area (Å²) in [5, 5.41) is 10.1. The summed E-state index contributed by atoms with van der Waals surface area (Å²) >= 11 is 0. The van der Waals surface area contributed by atoms with E-state index >= 15 is 0 Å². The normalized spacial score (nSPS) is 18.9. The Morgan fingerprint density at radius 3 is 2.59 bits per heavy atom. The van der Waals surface area contributed by atoms with Crippen LogP contribution in [0.2, 0.25) is 0 Å². The molecule has 0 spiro atoms. The van der Waals surface area contributed by atoms with Gasteiger partial charge in [-0.25, -0.2) is 0 Å². The van der Waals surface area contributed by atoms with Crippen molar-refractivity contribution in [3.63, 3.8) is 0 Å². The maximum atomic E-state index is 10.1. The lowest BCUT2D eigenvalue weighted by Crippen LogP contribution is -2.49. The van der Waals surface area contributed by atoms with Crippen molar-refractivity contribution in [3.8, 4) is 23.0 Å². The number of aliphatic hydroxyl groups is 1. The second-order valence-electron chi connectivity index (χ2n) is 8.65. The average molecular weight is 473 g/mol. The van der Waals surface area contributed by atoms with Crippen molar-refractivity contribution in [1.29, 1.82) is 0 Å². The van der Waals surface area contributed by atoms with E-state index in [2.05, 4.69) is 22.8 Å². The third kappa shape index (κ3) is 6.46. The van der Waals surface area contributed by atoms with Crippen LogP contribution in [0.1, 0.15) is 26.2 Å². The fourth-order valence-electron chi connectivity index (χ4n) is 4.23. The first-order chi connectivity index (χ1) is 16.7. The number of β-amino-alcohol motifs (C(OH)–C–C–N with tert-alkyl or cyclic N) is 1. The number of rotatable bonds is 10. The van der Waals surface area contributed by atoms with E-state index in [9.17, 15) is 5.11 Å². The summed E-state index contributed by atoms with van der Waals surface area (Å²) in [4.78, 5) is 4.66. The number of para-hydroxylation sites is 2. The van der Waals surface area contributed by atoms with E-state index in [1.54, 1.807) is 7.11 Å². The summed E-state index contributed by atoms with van der Waals surface area (Å²) < 4.78 is 26.5. The van der Waals surface area contributed by atoms with Crippen LogP contribution in [0, 0.1) is 0 Å². The van der Waals surface area contributed by atoms with Crippen molar-refractivity contribution in [2.24, 2.45) is 0 Å². The molecule has 3 aliphatic rings. The van der Waals surface area contributed by atoms with Gasteiger partial charge in [0.15, 0.2) is 11.5 Å². The molecule has 0 aromatic heterocycles. The van der Waals surface area contributed by atoms with E-state index in [1.807, 2.05) is 36.4 Å². The highest BCUT2D eigenvalue weighted by Gasteiger charge is 2.30. The van der Waals surface area contributed by atoms with Gasteiger partial charge in [0.1, 0.15) is 11.5 Å². The second-order valence-corrected chi connectivity index (χ2v) is 8.65. The molecular weight excluding hydrogens is 436 g/mol. The summed E-state index contributed by atoms with van der Waals surface area (Å²) in [5.41, 5.74) is 1.15. The lowest BCUT2D eigenvalue weighted by molar-refractivity contribution is -0.116.